The summed E-state index contributed by atoms with van der Waals surface area (Å²) >= 11 is 1.35. The van der Waals surface area contributed by atoms with Crippen LogP contribution >= 0.6 is 28.7 Å². The average Bonchev–Trinajstić information content (AvgIpc) is 2.20. The molecule has 5 heteroatoms. The van der Waals surface area contributed by atoms with Gasteiger partial charge in [0.15, 0.2) is 5.17 Å². The monoisotopic (exact) mass is 304 g/mol. The molecule has 16 heavy (non-hydrogen) atoms. The smallest absolute Gasteiger partial charge is 0.151 e. The largest absolute Gasteiger partial charge is 0.493 e. The number of benzene rings is 1. The molecule has 0 atom stereocenters. The van der Waals surface area contributed by atoms with E-state index in [0.717, 1.165) is 23.5 Å². The molecule has 90 valence electrons. The summed E-state index contributed by atoms with van der Waals surface area (Å²) in [6, 6.07) is 7.95. The highest BCUT2D eigenvalue weighted by atomic mass is 79.9. The van der Waals surface area contributed by atoms with E-state index in [4.69, 9.17) is 15.9 Å². The Balaban J connectivity index is 0.00000225. The van der Waals surface area contributed by atoms with Crippen molar-refractivity contribution < 1.29 is 4.74 Å². The minimum absolute atomic E-state index is 0. The van der Waals surface area contributed by atoms with Crippen LogP contribution in [0.3, 0.4) is 0 Å². The fourth-order valence-electron chi connectivity index (χ4n) is 1.14. The van der Waals surface area contributed by atoms with Gasteiger partial charge in [-0.05, 0) is 25.0 Å². The molecule has 1 rings (SSSR count). The van der Waals surface area contributed by atoms with Crippen molar-refractivity contribution in [2.45, 2.75) is 13.3 Å². The summed E-state index contributed by atoms with van der Waals surface area (Å²) in [7, 11) is 0. The zero-order chi connectivity index (χ0) is 11.1. The number of para-hydroxylation sites is 1. The standard InChI is InChI=1S/C11H16N2OS.BrH/c1-9-5-2-3-6-10(9)14-7-4-8-15-11(12)13;/h2-3,5-6H,4,7-8H2,1H3,(H3,12,13);1H. The van der Waals surface area contributed by atoms with Crippen molar-refractivity contribution in [3.63, 3.8) is 0 Å². The van der Waals surface area contributed by atoms with E-state index in [9.17, 15) is 0 Å². The maximum atomic E-state index is 7.03. The zero-order valence-corrected chi connectivity index (χ0v) is 11.8. The topological polar surface area (TPSA) is 59.1 Å². The molecule has 3 N–H and O–H groups in total. The number of thioether (sulfide) groups is 1. The van der Waals surface area contributed by atoms with Crippen LogP contribution in [0.2, 0.25) is 0 Å². The number of hydrogen-bond acceptors (Lipinski definition) is 3. The normalized spacial score (nSPS) is 9.31. The van der Waals surface area contributed by atoms with Crippen molar-refractivity contribution in [3.8, 4) is 5.75 Å². The molecule has 0 bridgehead atoms. The quantitative estimate of drug-likeness (QED) is 0.499. The van der Waals surface area contributed by atoms with Crippen molar-refractivity contribution in [1.82, 2.24) is 0 Å². The Morgan fingerprint density at radius 1 is 1.44 bits per heavy atom. The molecule has 1 aromatic rings. The van der Waals surface area contributed by atoms with Crippen molar-refractivity contribution in [2.24, 2.45) is 5.73 Å². The van der Waals surface area contributed by atoms with Crippen molar-refractivity contribution in [3.05, 3.63) is 29.8 Å². The fraction of sp³-hybridized carbons (Fsp3) is 0.364. The first-order chi connectivity index (χ1) is 7.20. The SMILES string of the molecule is Br.Cc1ccccc1OCCCSC(=N)N. The highest BCUT2D eigenvalue weighted by Gasteiger charge is 1.97. The predicted octanol–water partition coefficient (Wildman–Crippen LogP) is 2.97. The molecular formula is C11H17BrN2OS. The number of amidine groups is 1. The Hall–Kier alpha value is -0.680. The summed E-state index contributed by atoms with van der Waals surface area (Å²) in [5, 5.41) is 7.20. The van der Waals surface area contributed by atoms with Gasteiger partial charge in [-0.1, -0.05) is 30.0 Å². The number of rotatable bonds is 5. The molecule has 0 amide bonds. The summed E-state index contributed by atoms with van der Waals surface area (Å²) in [5.74, 6) is 1.77. The fourth-order valence-corrected chi connectivity index (χ4v) is 1.62. The van der Waals surface area contributed by atoms with Crippen LogP contribution in [0, 0.1) is 12.3 Å². The van der Waals surface area contributed by atoms with Crippen LogP contribution in [-0.2, 0) is 0 Å². The van der Waals surface area contributed by atoms with Crippen LogP contribution in [0.25, 0.3) is 0 Å². The van der Waals surface area contributed by atoms with Crippen molar-refractivity contribution >= 4 is 33.9 Å². The molecule has 3 nitrogen and oxygen atoms in total. The molecule has 0 saturated carbocycles. The van der Waals surface area contributed by atoms with Gasteiger partial charge in [0.25, 0.3) is 0 Å². The first-order valence-corrected chi connectivity index (χ1v) is 5.84. The van der Waals surface area contributed by atoms with Crippen LogP contribution in [0.1, 0.15) is 12.0 Å². The number of aryl methyl sites for hydroxylation is 1. The van der Waals surface area contributed by atoms with Crippen molar-refractivity contribution in [2.75, 3.05) is 12.4 Å². The van der Waals surface area contributed by atoms with E-state index in [1.165, 1.54) is 11.8 Å². The van der Waals surface area contributed by atoms with Gasteiger partial charge in [-0.3, -0.25) is 5.41 Å². The summed E-state index contributed by atoms with van der Waals surface area (Å²) in [6.45, 7) is 2.70. The van der Waals surface area contributed by atoms with Gasteiger partial charge in [-0.2, -0.15) is 0 Å². The second-order valence-corrected chi connectivity index (χ2v) is 4.32. The minimum atomic E-state index is 0. The molecular weight excluding hydrogens is 288 g/mol. The van der Waals surface area contributed by atoms with Gasteiger partial charge in [0.05, 0.1) is 6.61 Å². The second kappa shape index (κ2) is 8.47. The number of halogens is 1. The predicted molar refractivity (Wildman–Crippen MR) is 76.0 cm³/mol. The highest BCUT2D eigenvalue weighted by Crippen LogP contribution is 2.16. The third-order valence-corrected chi connectivity index (χ3v) is 2.70. The van der Waals surface area contributed by atoms with Gasteiger partial charge >= 0.3 is 0 Å². The lowest BCUT2D eigenvalue weighted by molar-refractivity contribution is 0.316. The van der Waals surface area contributed by atoms with E-state index in [2.05, 4.69) is 0 Å². The van der Waals surface area contributed by atoms with Gasteiger partial charge < -0.3 is 10.5 Å². The second-order valence-electron chi connectivity index (χ2n) is 3.18. The molecule has 0 unspecified atom stereocenters. The van der Waals surface area contributed by atoms with E-state index < -0.39 is 0 Å². The Morgan fingerprint density at radius 2 is 2.12 bits per heavy atom. The van der Waals surface area contributed by atoms with Crippen LogP contribution < -0.4 is 10.5 Å². The molecule has 0 spiro atoms. The van der Waals surface area contributed by atoms with Crippen molar-refractivity contribution in [1.29, 1.82) is 5.41 Å². The lowest BCUT2D eigenvalue weighted by Crippen LogP contribution is -2.06. The Morgan fingerprint density at radius 3 is 2.75 bits per heavy atom. The Labute approximate surface area is 111 Å². The first kappa shape index (κ1) is 15.3. The summed E-state index contributed by atoms with van der Waals surface area (Å²) in [6.07, 6.45) is 0.901. The molecule has 0 saturated heterocycles. The molecule has 0 aliphatic rings. The van der Waals surface area contributed by atoms with E-state index in [1.54, 1.807) is 0 Å². The summed E-state index contributed by atoms with van der Waals surface area (Å²) < 4.78 is 5.59. The van der Waals surface area contributed by atoms with Gasteiger partial charge in [0.1, 0.15) is 5.75 Å². The zero-order valence-electron chi connectivity index (χ0n) is 9.23. The number of nitrogens with two attached hydrogens (primary N) is 1. The molecule has 0 aliphatic carbocycles. The maximum Gasteiger partial charge on any atom is 0.151 e. The van der Waals surface area contributed by atoms with E-state index in [-0.39, 0.29) is 22.1 Å². The lowest BCUT2D eigenvalue weighted by Gasteiger charge is -2.07. The van der Waals surface area contributed by atoms with Crippen LogP contribution in [0.15, 0.2) is 24.3 Å². The Kier molecular flexibility index (Phi) is 8.11. The molecule has 0 heterocycles. The summed E-state index contributed by atoms with van der Waals surface area (Å²) in [5.41, 5.74) is 6.37. The van der Waals surface area contributed by atoms with Crippen LogP contribution in [0.4, 0.5) is 0 Å². The van der Waals surface area contributed by atoms with Crippen LogP contribution in [-0.4, -0.2) is 17.5 Å². The highest BCUT2D eigenvalue weighted by molar-refractivity contribution is 8.93. The van der Waals surface area contributed by atoms with Gasteiger partial charge in [0, 0.05) is 5.75 Å². The summed E-state index contributed by atoms with van der Waals surface area (Å²) in [4.78, 5) is 0. The molecule has 1 aromatic carbocycles. The van der Waals surface area contributed by atoms with E-state index >= 15 is 0 Å². The average molecular weight is 305 g/mol. The number of nitrogens with one attached hydrogen (secondary N) is 1. The maximum absolute atomic E-state index is 7.03. The van der Waals surface area contributed by atoms with Crippen LogP contribution in [0.5, 0.6) is 5.75 Å². The number of hydrogen-bond donors (Lipinski definition) is 2. The molecule has 0 aliphatic heterocycles. The minimum Gasteiger partial charge on any atom is -0.493 e. The number of ether oxygens (including phenoxy) is 1. The van der Waals surface area contributed by atoms with E-state index in [1.807, 2.05) is 31.2 Å². The molecule has 0 radical (unpaired) electrons. The van der Waals surface area contributed by atoms with E-state index in [0.29, 0.717) is 6.61 Å². The van der Waals surface area contributed by atoms with Gasteiger partial charge in [-0.15, -0.1) is 17.0 Å². The molecule has 0 fully saturated rings. The van der Waals surface area contributed by atoms with Gasteiger partial charge in [0.2, 0.25) is 0 Å². The molecule has 0 aromatic heterocycles. The Bertz CT molecular complexity index is 334. The lowest BCUT2D eigenvalue weighted by atomic mass is 10.2. The third-order valence-electron chi connectivity index (χ3n) is 1.90. The van der Waals surface area contributed by atoms with Gasteiger partial charge in [-0.25, -0.2) is 0 Å². The first-order valence-electron chi connectivity index (χ1n) is 4.85. The third kappa shape index (κ3) is 6.02.